The third-order valence-corrected chi connectivity index (χ3v) is 4.43. The van der Waals surface area contributed by atoms with Gasteiger partial charge in [0.05, 0.1) is 12.4 Å². The number of fused-ring (bicyclic) bond motifs is 3. The lowest BCUT2D eigenvalue weighted by Crippen LogP contribution is -2.39. The molecule has 0 saturated heterocycles. The number of allylic oxidation sites excluding steroid dienone is 2. The molecule has 2 aliphatic heterocycles. The molecule has 108 valence electrons. The molecule has 3 atom stereocenters. The topological polar surface area (TPSA) is 30.5 Å². The van der Waals surface area contributed by atoms with Gasteiger partial charge in [-0.2, -0.15) is 0 Å². The molecule has 1 saturated carbocycles. The van der Waals surface area contributed by atoms with Crippen LogP contribution in [0.4, 0.5) is 0 Å². The smallest absolute Gasteiger partial charge is 0.154 e. The van der Waals surface area contributed by atoms with E-state index in [1.54, 1.807) is 6.26 Å². The van der Waals surface area contributed by atoms with E-state index in [0.717, 1.165) is 23.4 Å². The summed E-state index contributed by atoms with van der Waals surface area (Å²) in [4.78, 5) is 0. The molecular weight excluding hydrogens is 286 g/mol. The van der Waals surface area contributed by atoms with Crippen LogP contribution in [0, 0.1) is 0 Å². The monoisotopic (exact) mass is 301 g/mol. The molecule has 1 N–H and O–H groups in total. The van der Waals surface area contributed by atoms with Crippen LogP contribution in [0.15, 0.2) is 60.0 Å². The number of benzene rings is 1. The third-order valence-electron chi connectivity index (χ3n) is 4.18. The average molecular weight is 302 g/mol. The van der Waals surface area contributed by atoms with E-state index in [2.05, 4.69) is 17.6 Å². The van der Waals surface area contributed by atoms with Crippen LogP contribution in [0.3, 0.4) is 0 Å². The van der Waals surface area contributed by atoms with Crippen LogP contribution in [-0.4, -0.2) is 12.2 Å². The highest BCUT2D eigenvalue weighted by Gasteiger charge is 2.36. The fourth-order valence-electron chi connectivity index (χ4n) is 3.11. The van der Waals surface area contributed by atoms with Crippen molar-refractivity contribution in [3.05, 3.63) is 70.6 Å². The first kappa shape index (κ1) is 13.0. The fourth-order valence-corrected chi connectivity index (χ4v) is 3.24. The summed E-state index contributed by atoms with van der Waals surface area (Å²) < 4.78 is 11.9. The first-order valence-corrected chi connectivity index (χ1v) is 7.59. The van der Waals surface area contributed by atoms with Crippen molar-refractivity contribution in [1.82, 2.24) is 5.32 Å². The molecule has 3 nitrogen and oxygen atoms in total. The molecule has 2 heterocycles. The van der Waals surface area contributed by atoms with Gasteiger partial charge in [0.2, 0.25) is 0 Å². The standard InChI is InChI=1S/C17H16ClNO2/c18-12-5-3-11(4-6-12)17-19-10-14-13-2-1-9-20-15(13)7-8-16(14)21-17/h1-6,9-10,15-17,19H,7-8H2. The van der Waals surface area contributed by atoms with Crippen LogP contribution in [0.25, 0.3) is 0 Å². The Morgan fingerprint density at radius 3 is 2.71 bits per heavy atom. The minimum absolute atomic E-state index is 0.117. The van der Waals surface area contributed by atoms with Crippen LogP contribution in [0.2, 0.25) is 5.02 Å². The quantitative estimate of drug-likeness (QED) is 0.855. The second-order valence-corrected chi connectivity index (χ2v) is 5.91. The zero-order valence-electron chi connectivity index (χ0n) is 11.5. The van der Waals surface area contributed by atoms with Gasteiger partial charge in [0.1, 0.15) is 6.10 Å². The first-order valence-electron chi connectivity index (χ1n) is 7.21. The van der Waals surface area contributed by atoms with Crippen LogP contribution in [-0.2, 0) is 9.47 Å². The number of hydrogen-bond acceptors (Lipinski definition) is 3. The zero-order valence-corrected chi connectivity index (χ0v) is 12.2. The molecule has 0 amide bonds. The summed E-state index contributed by atoms with van der Waals surface area (Å²) >= 11 is 5.94. The van der Waals surface area contributed by atoms with Crippen molar-refractivity contribution < 1.29 is 9.47 Å². The molecular formula is C17H16ClNO2. The number of nitrogens with one attached hydrogen (secondary N) is 1. The van der Waals surface area contributed by atoms with E-state index < -0.39 is 0 Å². The molecule has 0 spiro atoms. The Kier molecular flexibility index (Phi) is 3.24. The van der Waals surface area contributed by atoms with Crippen molar-refractivity contribution in [2.45, 2.75) is 31.3 Å². The summed E-state index contributed by atoms with van der Waals surface area (Å²) in [6.45, 7) is 0. The molecule has 21 heavy (non-hydrogen) atoms. The van der Waals surface area contributed by atoms with E-state index in [9.17, 15) is 0 Å². The van der Waals surface area contributed by atoms with Gasteiger partial charge in [-0.05, 0) is 36.6 Å². The molecule has 1 aromatic carbocycles. The predicted octanol–water partition coefficient (Wildman–Crippen LogP) is 3.84. The number of hydrogen-bond donors (Lipinski definition) is 1. The summed E-state index contributed by atoms with van der Waals surface area (Å²) in [6.07, 6.45) is 10.1. The molecule has 1 fully saturated rings. The van der Waals surface area contributed by atoms with Crippen molar-refractivity contribution in [2.24, 2.45) is 0 Å². The third kappa shape index (κ3) is 2.37. The van der Waals surface area contributed by atoms with Crippen LogP contribution < -0.4 is 5.32 Å². The van der Waals surface area contributed by atoms with Crippen LogP contribution in [0.5, 0.6) is 0 Å². The molecule has 1 aromatic rings. The van der Waals surface area contributed by atoms with Gasteiger partial charge in [0.15, 0.2) is 6.23 Å². The summed E-state index contributed by atoms with van der Waals surface area (Å²) in [6, 6.07) is 7.77. The molecule has 3 unspecified atom stereocenters. The Labute approximate surface area is 128 Å². The summed E-state index contributed by atoms with van der Waals surface area (Å²) in [7, 11) is 0. The Bertz CT molecular complexity index is 633. The number of halogens is 1. The highest BCUT2D eigenvalue weighted by atomic mass is 35.5. The molecule has 1 aliphatic carbocycles. The molecule has 4 rings (SSSR count). The van der Waals surface area contributed by atoms with E-state index in [0.29, 0.717) is 0 Å². The normalized spacial score (nSPS) is 30.2. The van der Waals surface area contributed by atoms with E-state index in [4.69, 9.17) is 21.1 Å². The highest BCUT2D eigenvalue weighted by Crippen LogP contribution is 2.38. The number of rotatable bonds is 1. The summed E-state index contributed by atoms with van der Waals surface area (Å²) in [5, 5.41) is 4.08. The summed E-state index contributed by atoms with van der Waals surface area (Å²) in [5.74, 6) is 0. The minimum Gasteiger partial charge on any atom is -0.493 e. The molecule has 0 bridgehead atoms. The number of ether oxygens (including phenoxy) is 2. The first-order chi connectivity index (χ1) is 10.3. The van der Waals surface area contributed by atoms with Gasteiger partial charge in [-0.3, -0.25) is 0 Å². The lowest BCUT2D eigenvalue weighted by Gasteiger charge is -2.39. The van der Waals surface area contributed by atoms with Crippen LogP contribution >= 0.6 is 11.6 Å². The van der Waals surface area contributed by atoms with Gasteiger partial charge in [-0.1, -0.05) is 29.8 Å². The molecule has 0 radical (unpaired) electrons. The van der Waals surface area contributed by atoms with Crippen molar-refractivity contribution in [2.75, 3.05) is 0 Å². The Morgan fingerprint density at radius 1 is 1.05 bits per heavy atom. The lowest BCUT2D eigenvalue weighted by atomic mass is 9.83. The molecule has 4 heteroatoms. The fraction of sp³-hybridized carbons (Fsp3) is 0.294. The minimum atomic E-state index is -0.117. The van der Waals surface area contributed by atoms with Gasteiger partial charge in [-0.25, -0.2) is 0 Å². The van der Waals surface area contributed by atoms with Crippen molar-refractivity contribution in [3.63, 3.8) is 0 Å². The van der Waals surface area contributed by atoms with Crippen molar-refractivity contribution >= 4 is 11.6 Å². The maximum absolute atomic E-state index is 6.22. The van der Waals surface area contributed by atoms with Crippen molar-refractivity contribution in [1.29, 1.82) is 0 Å². The highest BCUT2D eigenvalue weighted by molar-refractivity contribution is 6.30. The van der Waals surface area contributed by atoms with Gasteiger partial charge >= 0.3 is 0 Å². The SMILES string of the molecule is Clc1ccc(C2NC=C3C4=CC=COC4CCC3O2)cc1. The molecule has 3 aliphatic rings. The zero-order chi connectivity index (χ0) is 14.2. The summed E-state index contributed by atoms with van der Waals surface area (Å²) in [5.41, 5.74) is 3.53. The van der Waals surface area contributed by atoms with Gasteiger partial charge in [0.25, 0.3) is 0 Å². The Balaban J connectivity index is 1.60. The van der Waals surface area contributed by atoms with E-state index in [-0.39, 0.29) is 18.4 Å². The van der Waals surface area contributed by atoms with Crippen LogP contribution in [0.1, 0.15) is 24.6 Å². The van der Waals surface area contributed by atoms with Gasteiger partial charge < -0.3 is 14.8 Å². The average Bonchev–Trinajstić information content (AvgIpc) is 2.55. The second kappa shape index (κ2) is 5.24. The Hall–Kier alpha value is -1.71. The van der Waals surface area contributed by atoms with E-state index >= 15 is 0 Å². The van der Waals surface area contributed by atoms with E-state index in [1.807, 2.05) is 30.3 Å². The largest absolute Gasteiger partial charge is 0.493 e. The molecule has 0 aromatic heterocycles. The maximum atomic E-state index is 6.22. The van der Waals surface area contributed by atoms with E-state index in [1.165, 1.54) is 11.1 Å². The lowest BCUT2D eigenvalue weighted by molar-refractivity contribution is -0.0344. The Morgan fingerprint density at radius 2 is 1.86 bits per heavy atom. The van der Waals surface area contributed by atoms with Gasteiger partial charge in [-0.15, -0.1) is 0 Å². The maximum Gasteiger partial charge on any atom is 0.154 e. The van der Waals surface area contributed by atoms with Gasteiger partial charge in [0, 0.05) is 22.4 Å². The predicted molar refractivity (Wildman–Crippen MR) is 81.6 cm³/mol. The van der Waals surface area contributed by atoms with Crippen molar-refractivity contribution in [3.8, 4) is 0 Å². The second-order valence-electron chi connectivity index (χ2n) is 5.48.